The summed E-state index contributed by atoms with van der Waals surface area (Å²) in [6.45, 7) is 2.54. The molecule has 4 nitrogen and oxygen atoms in total. The van der Waals surface area contributed by atoms with Crippen molar-refractivity contribution in [1.82, 2.24) is 9.47 Å². The summed E-state index contributed by atoms with van der Waals surface area (Å²) in [6, 6.07) is 5.42. The highest BCUT2D eigenvalue weighted by Gasteiger charge is 2.25. The summed E-state index contributed by atoms with van der Waals surface area (Å²) in [5.41, 5.74) is 5.75. The van der Waals surface area contributed by atoms with Crippen LogP contribution in [0, 0.1) is 0 Å². The Labute approximate surface area is 106 Å². The van der Waals surface area contributed by atoms with Crippen molar-refractivity contribution in [1.29, 1.82) is 0 Å². The molecule has 2 N–H and O–H groups in total. The quantitative estimate of drug-likeness (QED) is 0.796. The van der Waals surface area contributed by atoms with Gasteiger partial charge in [0.15, 0.2) is 0 Å². The van der Waals surface area contributed by atoms with Gasteiger partial charge in [0.1, 0.15) is 0 Å². The van der Waals surface area contributed by atoms with Crippen molar-refractivity contribution in [3.8, 4) is 0 Å². The summed E-state index contributed by atoms with van der Waals surface area (Å²) >= 11 is 5.06. The highest BCUT2D eigenvalue weighted by molar-refractivity contribution is 7.80. The smallest absolute Gasteiger partial charge is 0.250 e. The SMILES string of the molecule is NC(=S)C1CCCN1CCn1ccccc1=O. The van der Waals surface area contributed by atoms with Crippen LogP contribution in [-0.4, -0.2) is 33.6 Å². The number of hydrogen-bond acceptors (Lipinski definition) is 3. The van der Waals surface area contributed by atoms with E-state index in [2.05, 4.69) is 4.90 Å². The Balaban J connectivity index is 1.96. The monoisotopic (exact) mass is 251 g/mol. The van der Waals surface area contributed by atoms with Gasteiger partial charge in [-0.15, -0.1) is 0 Å². The van der Waals surface area contributed by atoms with E-state index in [4.69, 9.17) is 18.0 Å². The third-order valence-corrected chi connectivity index (χ3v) is 3.49. The maximum atomic E-state index is 11.5. The maximum Gasteiger partial charge on any atom is 0.250 e. The van der Waals surface area contributed by atoms with Gasteiger partial charge in [0.25, 0.3) is 5.56 Å². The lowest BCUT2D eigenvalue weighted by Crippen LogP contribution is -2.41. The van der Waals surface area contributed by atoms with Crippen molar-refractivity contribution in [2.45, 2.75) is 25.4 Å². The van der Waals surface area contributed by atoms with E-state index >= 15 is 0 Å². The van der Waals surface area contributed by atoms with Crippen LogP contribution in [0.5, 0.6) is 0 Å². The summed E-state index contributed by atoms with van der Waals surface area (Å²) in [6.07, 6.45) is 3.99. The highest BCUT2D eigenvalue weighted by atomic mass is 32.1. The average Bonchev–Trinajstić information content (AvgIpc) is 2.76. The molecule has 1 aromatic heterocycles. The minimum Gasteiger partial charge on any atom is -0.392 e. The molecule has 0 aromatic carbocycles. The molecule has 0 radical (unpaired) electrons. The van der Waals surface area contributed by atoms with Crippen LogP contribution in [0.25, 0.3) is 0 Å². The lowest BCUT2D eigenvalue weighted by atomic mass is 10.2. The first-order chi connectivity index (χ1) is 8.18. The number of nitrogens with two attached hydrogens (primary N) is 1. The van der Waals surface area contributed by atoms with Gasteiger partial charge in [-0.3, -0.25) is 9.69 Å². The molecule has 17 heavy (non-hydrogen) atoms. The lowest BCUT2D eigenvalue weighted by Gasteiger charge is -2.23. The molecule has 1 atom stereocenters. The minimum absolute atomic E-state index is 0.0403. The van der Waals surface area contributed by atoms with Crippen molar-refractivity contribution in [3.63, 3.8) is 0 Å². The van der Waals surface area contributed by atoms with Gasteiger partial charge in [-0.25, -0.2) is 0 Å². The van der Waals surface area contributed by atoms with Crippen LogP contribution in [0.4, 0.5) is 0 Å². The molecule has 0 saturated carbocycles. The zero-order chi connectivity index (χ0) is 12.3. The van der Waals surface area contributed by atoms with Gasteiger partial charge < -0.3 is 10.3 Å². The molecule has 0 amide bonds. The Morgan fingerprint density at radius 2 is 2.29 bits per heavy atom. The van der Waals surface area contributed by atoms with Crippen molar-refractivity contribution in [3.05, 3.63) is 34.7 Å². The van der Waals surface area contributed by atoms with Crippen LogP contribution < -0.4 is 11.3 Å². The second-order valence-corrected chi connectivity index (χ2v) is 4.80. The fraction of sp³-hybridized carbons (Fsp3) is 0.500. The Kier molecular flexibility index (Phi) is 3.91. The predicted octanol–water partition coefficient (Wildman–Crippen LogP) is 0.599. The second kappa shape index (κ2) is 5.42. The summed E-state index contributed by atoms with van der Waals surface area (Å²) in [7, 11) is 0. The van der Waals surface area contributed by atoms with Crippen molar-refractivity contribution in [2.75, 3.05) is 13.1 Å². The minimum atomic E-state index is 0.0403. The molecule has 2 heterocycles. The highest BCUT2D eigenvalue weighted by Crippen LogP contribution is 2.16. The van der Waals surface area contributed by atoms with E-state index in [9.17, 15) is 4.79 Å². The van der Waals surface area contributed by atoms with E-state index in [1.165, 1.54) is 0 Å². The number of pyridine rings is 1. The van der Waals surface area contributed by atoms with Crippen LogP contribution >= 0.6 is 12.2 Å². The fourth-order valence-electron chi connectivity index (χ4n) is 2.30. The first-order valence-corrected chi connectivity index (χ1v) is 6.28. The van der Waals surface area contributed by atoms with Crippen LogP contribution in [0.15, 0.2) is 29.2 Å². The van der Waals surface area contributed by atoms with Crippen molar-refractivity contribution < 1.29 is 0 Å². The van der Waals surface area contributed by atoms with Crippen LogP contribution in [-0.2, 0) is 6.54 Å². The molecule has 2 rings (SSSR count). The van der Waals surface area contributed by atoms with Gasteiger partial charge >= 0.3 is 0 Å². The van der Waals surface area contributed by atoms with E-state index in [1.54, 1.807) is 16.7 Å². The summed E-state index contributed by atoms with van der Waals surface area (Å²) < 4.78 is 1.72. The number of likely N-dealkylation sites (tertiary alicyclic amines) is 1. The lowest BCUT2D eigenvalue weighted by molar-refractivity contribution is 0.288. The molecule has 1 aliphatic heterocycles. The van der Waals surface area contributed by atoms with Crippen LogP contribution in [0.1, 0.15) is 12.8 Å². The molecule has 5 heteroatoms. The van der Waals surface area contributed by atoms with Gasteiger partial charge in [0.2, 0.25) is 0 Å². The standard InChI is InChI=1S/C12H17N3OS/c13-12(17)10-4-3-7-14(10)8-9-15-6-2-1-5-11(15)16/h1-2,5-6,10H,3-4,7-9H2,(H2,13,17). The summed E-state index contributed by atoms with van der Waals surface area (Å²) in [4.78, 5) is 14.4. The summed E-state index contributed by atoms with van der Waals surface area (Å²) in [5, 5.41) is 0. The molecule has 1 saturated heterocycles. The molecule has 1 aromatic rings. The zero-order valence-electron chi connectivity index (χ0n) is 9.71. The average molecular weight is 251 g/mol. The summed E-state index contributed by atoms with van der Waals surface area (Å²) in [5.74, 6) is 0. The molecule has 92 valence electrons. The molecular weight excluding hydrogens is 234 g/mol. The molecule has 0 aliphatic carbocycles. The molecule has 1 unspecified atom stereocenters. The van der Waals surface area contributed by atoms with E-state index < -0.39 is 0 Å². The normalized spacial score (nSPS) is 20.6. The molecular formula is C12H17N3OS. The van der Waals surface area contributed by atoms with E-state index in [0.717, 1.165) is 25.9 Å². The Hall–Kier alpha value is -1.20. The maximum absolute atomic E-state index is 11.5. The van der Waals surface area contributed by atoms with Gasteiger partial charge in [-0.2, -0.15) is 0 Å². The molecule has 1 fully saturated rings. The number of hydrogen-bond donors (Lipinski definition) is 1. The number of rotatable bonds is 4. The van der Waals surface area contributed by atoms with Gasteiger partial charge in [0, 0.05) is 25.4 Å². The third kappa shape index (κ3) is 2.92. The number of thiocarbonyl (C=S) groups is 1. The second-order valence-electron chi connectivity index (χ2n) is 4.33. The fourth-order valence-corrected chi connectivity index (χ4v) is 2.56. The van der Waals surface area contributed by atoms with Crippen LogP contribution in [0.3, 0.4) is 0 Å². The van der Waals surface area contributed by atoms with Crippen LogP contribution in [0.2, 0.25) is 0 Å². The molecule has 0 bridgehead atoms. The van der Waals surface area contributed by atoms with E-state index in [1.807, 2.05) is 12.3 Å². The van der Waals surface area contributed by atoms with E-state index in [-0.39, 0.29) is 11.6 Å². The van der Waals surface area contributed by atoms with Crippen molar-refractivity contribution in [2.24, 2.45) is 5.73 Å². The topological polar surface area (TPSA) is 51.3 Å². The van der Waals surface area contributed by atoms with Gasteiger partial charge in [-0.1, -0.05) is 18.3 Å². The Morgan fingerprint density at radius 1 is 1.47 bits per heavy atom. The van der Waals surface area contributed by atoms with Crippen molar-refractivity contribution >= 4 is 17.2 Å². The number of aromatic nitrogens is 1. The van der Waals surface area contributed by atoms with Gasteiger partial charge in [-0.05, 0) is 25.5 Å². The van der Waals surface area contributed by atoms with Gasteiger partial charge in [0.05, 0.1) is 11.0 Å². The predicted molar refractivity (Wildman–Crippen MR) is 72.1 cm³/mol. The molecule has 1 aliphatic rings. The molecule has 0 spiro atoms. The number of nitrogens with zero attached hydrogens (tertiary/aromatic N) is 2. The first-order valence-electron chi connectivity index (χ1n) is 5.87. The van der Waals surface area contributed by atoms with E-state index in [0.29, 0.717) is 11.5 Å². The zero-order valence-corrected chi connectivity index (χ0v) is 10.5. The Bertz CT molecular complexity index is 457. The largest absolute Gasteiger partial charge is 0.392 e. The first kappa shape index (κ1) is 12.3. The Morgan fingerprint density at radius 3 is 3.00 bits per heavy atom. The third-order valence-electron chi connectivity index (χ3n) is 3.22.